The number of aromatic nitrogens is 6. The normalized spacial score (nSPS) is 11.0. The first kappa shape index (κ1) is 23.0. The van der Waals surface area contributed by atoms with Crippen molar-refractivity contribution >= 4 is 57.3 Å². The third kappa shape index (κ3) is 5.43. The molecule has 0 aromatic carbocycles. The summed E-state index contributed by atoms with van der Waals surface area (Å²) < 4.78 is 6.52. The highest BCUT2D eigenvalue weighted by atomic mass is 35.5. The lowest BCUT2D eigenvalue weighted by molar-refractivity contribution is -0.129. The molecule has 4 aromatic heterocycles. The second-order valence-corrected chi connectivity index (χ2v) is 9.74. The van der Waals surface area contributed by atoms with Crippen LogP contribution in [0.1, 0.15) is 27.7 Å². The fourth-order valence-corrected chi connectivity index (χ4v) is 4.72. The summed E-state index contributed by atoms with van der Waals surface area (Å²) in [6.07, 6.45) is 1.60. The number of anilines is 1. The van der Waals surface area contributed by atoms with Gasteiger partial charge in [0.05, 0.1) is 23.8 Å². The molecule has 0 atom stereocenters. The molecular weight excluding hydrogens is 486 g/mol. The van der Waals surface area contributed by atoms with Crippen molar-refractivity contribution in [3.63, 3.8) is 0 Å². The van der Waals surface area contributed by atoms with Gasteiger partial charge >= 0.3 is 6.03 Å². The average molecular weight is 506 g/mol. The predicted molar refractivity (Wildman–Crippen MR) is 126 cm³/mol. The number of rotatable bonds is 7. The second-order valence-electron chi connectivity index (χ2n) is 7.19. The molecule has 0 fully saturated rings. The molecule has 0 aliphatic carbocycles. The number of carbonyl (C=O) groups excluding carboxylic acids is 2. The van der Waals surface area contributed by atoms with Gasteiger partial charge in [-0.1, -0.05) is 11.6 Å². The number of amides is 3. The van der Waals surface area contributed by atoms with Crippen LogP contribution in [0, 0.1) is 13.8 Å². The number of nitrogens with one attached hydrogen (secondary N) is 2. The molecule has 2 N–H and O–H groups in total. The van der Waals surface area contributed by atoms with Gasteiger partial charge in [-0.15, -0.1) is 11.3 Å². The van der Waals surface area contributed by atoms with Crippen molar-refractivity contribution in [1.82, 2.24) is 39.2 Å². The van der Waals surface area contributed by atoms with Crippen molar-refractivity contribution in [2.45, 2.75) is 33.4 Å². The summed E-state index contributed by atoms with van der Waals surface area (Å²) in [7, 11) is 1.68. The van der Waals surface area contributed by atoms with Gasteiger partial charge in [0.1, 0.15) is 6.33 Å². The Balaban J connectivity index is 1.32. The lowest BCUT2D eigenvalue weighted by Crippen LogP contribution is -2.29. The van der Waals surface area contributed by atoms with Crippen LogP contribution in [-0.2, 0) is 24.3 Å². The van der Waals surface area contributed by atoms with E-state index in [1.807, 2.05) is 19.9 Å². The van der Waals surface area contributed by atoms with Gasteiger partial charge in [0.2, 0.25) is 11.0 Å². The number of hydrogen-bond donors (Lipinski definition) is 2. The Morgan fingerprint density at radius 1 is 1.24 bits per heavy atom. The standard InChI is InChI=1S/C19H20ClN9O2S2/c1-10-13(11(2)29-17(24-10)22-9-23-29)6-16(30)28(3)8-15-25-19(33-27-15)26-18(31)21-7-12-4-5-14(20)32-12/h4-5,9H,6-8H2,1-3H3,(H2,21,25,26,27,31). The molecule has 33 heavy (non-hydrogen) atoms. The second kappa shape index (κ2) is 9.77. The average Bonchev–Trinajstić information content (AvgIpc) is 3.51. The number of nitrogens with zero attached hydrogens (tertiary/aromatic N) is 7. The van der Waals surface area contributed by atoms with E-state index in [9.17, 15) is 9.59 Å². The van der Waals surface area contributed by atoms with E-state index in [-0.39, 0.29) is 18.9 Å². The summed E-state index contributed by atoms with van der Waals surface area (Å²) in [6, 6.07) is 3.24. The fourth-order valence-electron chi connectivity index (χ4n) is 3.12. The molecule has 4 aromatic rings. The van der Waals surface area contributed by atoms with Gasteiger partial charge < -0.3 is 10.2 Å². The number of aryl methyl sites for hydroxylation is 2. The molecular formula is C19H20ClN9O2S2. The Labute approximate surface area is 202 Å². The SMILES string of the molecule is Cc1nc2ncnn2c(C)c1CC(=O)N(C)Cc1nsc(NC(=O)NCc2ccc(Cl)s2)n1. The van der Waals surface area contributed by atoms with E-state index in [4.69, 9.17) is 11.6 Å². The zero-order valence-corrected chi connectivity index (χ0v) is 20.4. The molecule has 11 nitrogen and oxygen atoms in total. The van der Waals surface area contributed by atoms with Crippen LogP contribution in [0.3, 0.4) is 0 Å². The van der Waals surface area contributed by atoms with E-state index in [2.05, 4.69) is 35.1 Å². The van der Waals surface area contributed by atoms with Crippen LogP contribution in [0.5, 0.6) is 0 Å². The van der Waals surface area contributed by atoms with Gasteiger partial charge in [-0.2, -0.15) is 14.5 Å². The van der Waals surface area contributed by atoms with Crippen molar-refractivity contribution in [2.75, 3.05) is 12.4 Å². The number of thiophene rings is 1. The molecule has 0 saturated carbocycles. The third-order valence-electron chi connectivity index (χ3n) is 4.86. The van der Waals surface area contributed by atoms with Gasteiger partial charge in [-0.3, -0.25) is 10.1 Å². The predicted octanol–water partition coefficient (Wildman–Crippen LogP) is 2.83. The number of fused-ring (bicyclic) bond motifs is 1. The molecule has 4 rings (SSSR count). The number of carbonyl (C=O) groups is 2. The van der Waals surface area contributed by atoms with Crippen LogP contribution in [0.15, 0.2) is 18.5 Å². The Morgan fingerprint density at radius 3 is 2.82 bits per heavy atom. The molecule has 0 aliphatic heterocycles. The minimum absolute atomic E-state index is 0.112. The fraction of sp³-hybridized carbons (Fsp3) is 0.316. The van der Waals surface area contributed by atoms with Crippen LogP contribution in [-0.4, -0.2) is 52.8 Å². The maximum absolute atomic E-state index is 12.8. The monoisotopic (exact) mass is 505 g/mol. The van der Waals surface area contributed by atoms with Gasteiger partial charge in [-0.25, -0.2) is 19.3 Å². The van der Waals surface area contributed by atoms with Crippen LogP contribution < -0.4 is 10.6 Å². The van der Waals surface area contributed by atoms with Crippen LogP contribution in [0.2, 0.25) is 4.34 Å². The summed E-state index contributed by atoms with van der Waals surface area (Å²) in [5, 5.41) is 9.89. The maximum Gasteiger partial charge on any atom is 0.321 e. The lowest BCUT2D eigenvalue weighted by atomic mass is 10.1. The summed E-state index contributed by atoms with van der Waals surface area (Å²) in [5.41, 5.74) is 2.37. The quantitative estimate of drug-likeness (QED) is 0.395. The highest BCUT2D eigenvalue weighted by Gasteiger charge is 2.18. The first-order valence-electron chi connectivity index (χ1n) is 9.81. The van der Waals surface area contributed by atoms with E-state index in [0.29, 0.717) is 27.6 Å². The molecule has 0 unspecified atom stereocenters. The largest absolute Gasteiger partial charge is 0.338 e. The van der Waals surface area contributed by atoms with E-state index in [0.717, 1.165) is 33.4 Å². The molecule has 0 saturated heterocycles. The molecule has 172 valence electrons. The molecule has 0 radical (unpaired) electrons. The molecule has 0 bridgehead atoms. The number of likely N-dealkylation sites (N-methyl/N-ethyl adjacent to an activating group) is 1. The third-order valence-corrected chi connectivity index (χ3v) is 6.76. The van der Waals surface area contributed by atoms with E-state index in [1.165, 1.54) is 22.6 Å². The zero-order valence-electron chi connectivity index (χ0n) is 18.0. The van der Waals surface area contributed by atoms with E-state index in [1.54, 1.807) is 17.6 Å². The van der Waals surface area contributed by atoms with Crippen molar-refractivity contribution in [3.05, 3.63) is 50.4 Å². The Kier molecular flexibility index (Phi) is 6.81. The van der Waals surface area contributed by atoms with E-state index < -0.39 is 6.03 Å². The summed E-state index contributed by atoms with van der Waals surface area (Å²) in [5.74, 6) is 0.832. The van der Waals surface area contributed by atoms with Crippen molar-refractivity contribution in [3.8, 4) is 0 Å². The van der Waals surface area contributed by atoms with Crippen LogP contribution in [0.25, 0.3) is 5.78 Å². The number of halogens is 1. The first-order chi connectivity index (χ1) is 15.8. The van der Waals surface area contributed by atoms with Gasteiger partial charge in [0, 0.05) is 40.4 Å². The minimum Gasteiger partial charge on any atom is -0.338 e. The Hall–Kier alpha value is -3.16. The minimum atomic E-state index is -0.395. The smallest absolute Gasteiger partial charge is 0.321 e. The van der Waals surface area contributed by atoms with E-state index >= 15 is 0 Å². The maximum atomic E-state index is 12.8. The molecule has 3 amide bonds. The number of hydrogen-bond acceptors (Lipinski definition) is 9. The molecule has 0 spiro atoms. The van der Waals surface area contributed by atoms with Crippen LogP contribution >= 0.6 is 34.5 Å². The van der Waals surface area contributed by atoms with Gasteiger partial charge in [0.25, 0.3) is 5.78 Å². The molecule has 4 heterocycles. The summed E-state index contributed by atoms with van der Waals surface area (Å²) in [4.78, 5) is 40.2. The topological polar surface area (TPSA) is 130 Å². The Morgan fingerprint density at radius 2 is 2.06 bits per heavy atom. The summed E-state index contributed by atoms with van der Waals surface area (Å²) in [6.45, 7) is 4.31. The zero-order chi connectivity index (χ0) is 23.5. The highest BCUT2D eigenvalue weighted by molar-refractivity contribution is 7.16. The highest BCUT2D eigenvalue weighted by Crippen LogP contribution is 2.21. The van der Waals surface area contributed by atoms with Crippen molar-refractivity contribution in [2.24, 2.45) is 0 Å². The van der Waals surface area contributed by atoms with Crippen molar-refractivity contribution in [1.29, 1.82) is 0 Å². The van der Waals surface area contributed by atoms with Crippen molar-refractivity contribution < 1.29 is 9.59 Å². The molecule has 14 heteroatoms. The van der Waals surface area contributed by atoms with Crippen LogP contribution in [0.4, 0.5) is 9.93 Å². The lowest BCUT2D eigenvalue weighted by Gasteiger charge is -2.17. The summed E-state index contributed by atoms with van der Waals surface area (Å²) >= 11 is 8.34. The molecule has 0 aliphatic rings. The number of urea groups is 1. The Bertz CT molecular complexity index is 1320. The first-order valence-corrected chi connectivity index (χ1v) is 11.8. The van der Waals surface area contributed by atoms with Gasteiger partial charge in [0.15, 0.2) is 5.82 Å². The van der Waals surface area contributed by atoms with Gasteiger partial charge in [-0.05, 0) is 26.0 Å².